The zero-order valence-corrected chi connectivity index (χ0v) is 13.0. The number of fused-ring (bicyclic) bond motifs is 1. The number of amides is 1. The summed E-state index contributed by atoms with van der Waals surface area (Å²) < 4.78 is 7.22. The Bertz CT molecular complexity index is 661. The van der Waals surface area contributed by atoms with Crippen molar-refractivity contribution in [3.05, 3.63) is 53.1 Å². The number of hydrogen-bond acceptors (Lipinski definition) is 3. The average molecular weight is 299 g/mol. The molecule has 1 aliphatic rings. The van der Waals surface area contributed by atoms with Gasteiger partial charge in [-0.2, -0.15) is 0 Å². The summed E-state index contributed by atoms with van der Waals surface area (Å²) in [4.78, 5) is 16.8. The second-order valence-electron chi connectivity index (χ2n) is 5.79. The molecule has 1 aromatic heterocycles. The van der Waals surface area contributed by atoms with Gasteiger partial charge in [0.05, 0.1) is 12.3 Å². The number of nitrogens with one attached hydrogen (secondary N) is 1. The van der Waals surface area contributed by atoms with Crippen LogP contribution in [-0.2, 0) is 24.3 Å². The van der Waals surface area contributed by atoms with Crippen molar-refractivity contribution < 1.29 is 9.53 Å². The lowest BCUT2D eigenvalue weighted by atomic mass is 10.1. The highest BCUT2D eigenvalue weighted by Crippen LogP contribution is 2.15. The van der Waals surface area contributed by atoms with E-state index in [4.69, 9.17) is 4.74 Å². The molecule has 1 N–H and O–H groups in total. The van der Waals surface area contributed by atoms with Crippen LogP contribution in [0, 0.1) is 6.92 Å². The van der Waals surface area contributed by atoms with Crippen LogP contribution in [0.25, 0.3) is 0 Å². The molecule has 1 atom stereocenters. The Hall–Kier alpha value is -2.14. The first kappa shape index (κ1) is 14.8. The lowest BCUT2D eigenvalue weighted by Gasteiger charge is -2.24. The number of ether oxygens (including phenoxy) is 1. The van der Waals surface area contributed by atoms with Crippen LogP contribution >= 0.6 is 0 Å². The predicted octanol–water partition coefficient (Wildman–Crippen LogP) is 2.08. The molecule has 5 nitrogen and oxygen atoms in total. The minimum absolute atomic E-state index is 0.0192. The van der Waals surface area contributed by atoms with E-state index in [1.165, 1.54) is 0 Å². The minimum atomic E-state index is -0.0192. The van der Waals surface area contributed by atoms with Gasteiger partial charge in [0.2, 0.25) is 0 Å². The van der Waals surface area contributed by atoms with Crippen LogP contribution in [0.5, 0.6) is 0 Å². The third-order valence-electron chi connectivity index (χ3n) is 3.98. The minimum Gasteiger partial charge on any atom is -0.380 e. The maximum absolute atomic E-state index is 12.3. The lowest BCUT2D eigenvalue weighted by molar-refractivity contribution is 0.0927. The van der Waals surface area contributed by atoms with E-state index >= 15 is 0 Å². The Morgan fingerprint density at radius 2 is 2.18 bits per heavy atom. The Morgan fingerprint density at radius 1 is 1.41 bits per heavy atom. The van der Waals surface area contributed by atoms with E-state index in [2.05, 4.69) is 14.9 Å². The van der Waals surface area contributed by atoms with Gasteiger partial charge in [0, 0.05) is 37.9 Å². The third-order valence-corrected chi connectivity index (χ3v) is 3.98. The van der Waals surface area contributed by atoms with Crippen molar-refractivity contribution in [2.75, 3.05) is 7.11 Å². The summed E-state index contributed by atoms with van der Waals surface area (Å²) >= 11 is 0. The number of carbonyl (C=O) groups excluding carboxylic acids is 1. The molecule has 1 aromatic carbocycles. The third kappa shape index (κ3) is 3.20. The summed E-state index contributed by atoms with van der Waals surface area (Å²) in [7, 11) is 1.66. The summed E-state index contributed by atoms with van der Waals surface area (Å²) in [6, 6.07) is 7.71. The number of benzene rings is 1. The van der Waals surface area contributed by atoms with Crippen LogP contribution in [-0.4, -0.2) is 28.6 Å². The van der Waals surface area contributed by atoms with Crippen molar-refractivity contribution in [2.24, 2.45) is 0 Å². The first-order valence-electron chi connectivity index (χ1n) is 7.57. The molecule has 3 rings (SSSR count). The smallest absolute Gasteiger partial charge is 0.251 e. The first-order valence-corrected chi connectivity index (χ1v) is 7.57. The molecule has 0 saturated carbocycles. The summed E-state index contributed by atoms with van der Waals surface area (Å²) in [5.74, 6) is 1.10. The van der Waals surface area contributed by atoms with Gasteiger partial charge in [-0.3, -0.25) is 4.79 Å². The fourth-order valence-corrected chi connectivity index (χ4v) is 2.89. The predicted molar refractivity (Wildman–Crippen MR) is 83.7 cm³/mol. The molecule has 0 unspecified atom stereocenters. The second kappa shape index (κ2) is 6.32. The van der Waals surface area contributed by atoms with Crippen LogP contribution in [0.2, 0.25) is 0 Å². The van der Waals surface area contributed by atoms with E-state index in [1.54, 1.807) is 7.11 Å². The lowest BCUT2D eigenvalue weighted by Crippen LogP contribution is -2.40. The molecule has 0 bridgehead atoms. The number of carbonyl (C=O) groups is 1. The molecule has 0 radical (unpaired) electrons. The van der Waals surface area contributed by atoms with Gasteiger partial charge >= 0.3 is 0 Å². The van der Waals surface area contributed by atoms with Crippen LogP contribution in [0.15, 0.2) is 30.5 Å². The number of methoxy groups -OCH3 is 1. The molecule has 5 heteroatoms. The molecular formula is C17H21N3O2. The van der Waals surface area contributed by atoms with E-state index in [0.29, 0.717) is 12.2 Å². The van der Waals surface area contributed by atoms with E-state index in [9.17, 15) is 4.79 Å². The number of aromatic nitrogens is 2. The van der Waals surface area contributed by atoms with Crippen molar-refractivity contribution in [2.45, 2.75) is 39.0 Å². The molecule has 2 aromatic rings. The maximum atomic E-state index is 12.3. The first-order chi connectivity index (χ1) is 10.7. The normalized spacial score (nSPS) is 17.1. The highest BCUT2D eigenvalue weighted by molar-refractivity contribution is 5.94. The number of nitrogens with zero attached hydrogens (tertiary/aromatic N) is 2. The van der Waals surface area contributed by atoms with Crippen molar-refractivity contribution >= 4 is 5.91 Å². The fourth-order valence-electron chi connectivity index (χ4n) is 2.89. The topological polar surface area (TPSA) is 56.1 Å². The number of imidazole rings is 1. The van der Waals surface area contributed by atoms with Crippen molar-refractivity contribution in [3.8, 4) is 0 Å². The van der Waals surface area contributed by atoms with Crippen molar-refractivity contribution in [1.29, 1.82) is 0 Å². The summed E-state index contributed by atoms with van der Waals surface area (Å²) in [6.45, 7) is 3.36. The maximum Gasteiger partial charge on any atom is 0.251 e. The fraction of sp³-hybridized carbons (Fsp3) is 0.412. The molecule has 22 heavy (non-hydrogen) atoms. The highest BCUT2D eigenvalue weighted by Gasteiger charge is 2.21. The van der Waals surface area contributed by atoms with E-state index < -0.39 is 0 Å². The Labute approximate surface area is 130 Å². The van der Waals surface area contributed by atoms with E-state index in [-0.39, 0.29) is 11.9 Å². The zero-order chi connectivity index (χ0) is 15.5. The van der Waals surface area contributed by atoms with Crippen molar-refractivity contribution in [3.63, 3.8) is 0 Å². The highest BCUT2D eigenvalue weighted by atomic mass is 16.5. The van der Waals surface area contributed by atoms with Gasteiger partial charge in [0.15, 0.2) is 0 Å². The number of hydrogen-bond donors (Lipinski definition) is 1. The van der Waals surface area contributed by atoms with Crippen molar-refractivity contribution in [1.82, 2.24) is 14.9 Å². The van der Waals surface area contributed by atoms with Crippen LogP contribution in [0.3, 0.4) is 0 Å². The summed E-state index contributed by atoms with van der Waals surface area (Å²) in [5.41, 5.74) is 2.79. The van der Waals surface area contributed by atoms with Gasteiger partial charge in [-0.25, -0.2) is 4.98 Å². The molecular weight excluding hydrogens is 278 g/mol. The monoisotopic (exact) mass is 299 g/mol. The van der Waals surface area contributed by atoms with E-state index in [0.717, 1.165) is 36.5 Å². The standard InChI is InChI=1S/C17H21N3O2/c1-12-9-20-10-15(7-8-16(20)18-12)19-17(21)14-5-3-13(4-6-14)11-22-2/h3-6,9,15H,7-8,10-11H2,1-2H3,(H,19,21)/t15-/m1/s1. The van der Waals surface area contributed by atoms with Crippen LogP contribution in [0.4, 0.5) is 0 Å². The Balaban J connectivity index is 1.62. The Morgan fingerprint density at radius 3 is 2.91 bits per heavy atom. The number of aryl methyl sites for hydroxylation is 2. The summed E-state index contributed by atoms with van der Waals surface area (Å²) in [6.07, 6.45) is 3.89. The van der Waals surface area contributed by atoms with Gasteiger partial charge in [0.25, 0.3) is 5.91 Å². The molecule has 1 amide bonds. The quantitative estimate of drug-likeness (QED) is 0.940. The zero-order valence-electron chi connectivity index (χ0n) is 13.0. The van der Waals surface area contributed by atoms with E-state index in [1.807, 2.05) is 37.4 Å². The van der Waals surface area contributed by atoms with Gasteiger partial charge in [-0.1, -0.05) is 12.1 Å². The average Bonchev–Trinajstić information content (AvgIpc) is 2.87. The van der Waals surface area contributed by atoms with Gasteiger partial charge in [-0.05, 0) is 31.0 Å². The second-order valence-corrected chi connectivity index (χ2v) is 5.79. The molecule has 0 spiro atoms. The molecule has 0 fully saturated rings. The molecule has 0 aliphatic carbocycles. The molecule has 116 valence electrons. The van der Waals surface area contributed by atoms with Gasteiger partial charge < -0.3 is 14.6 Å². The van der Waals surface area contributed by atoms with Crippen LogP contribution in [0.1, 0.15) is 33.9 Å². The molecule has 2 heterocycles. The summed E-state index contributed by atoms with van der Waals surface area (Å²) in [5, 5.41) is 3.12. The van der Waals surface area contributed by atoms with Gasteiger partial charge in [0.1, 0.15) is 5.82 Å². The largest absolute Gasteiger partial charge is 0.380 e. The SMILES string of the molecule is COCc1ccc(C(=O)N[C@@H]2CCc3nc(C)cn3C2)cc1. The van der Waals surface area contributed by atoms with Gasteiger partial charge in [-0.15, -0.1) is 0 Å². The molecule has 1 aliphatic heterocycles. The van der Waals surface area contributed by atoms with Crippen LogP contribution < -0.4 is 5.32 Å². The number of rotatable bonds is 4. The Kier molecular flexibility index (Phi) is 4.24. The molecule has 0 saturated heterocycles.